The molecule has 3 nitrogen and oxygen atoms in total. The SMILES string of the molecule is CC(=O)Nc1ccc(O[C@H](C)c2ccccc2)c(Cl)c1. The van der Waals surface area contributed by atoms with Crippen molar-refractivity contribution in [3.05, 3.63) is 59.1 Å². The number of rotatable bonds is 4. The minimum absolute atomic E-state index is 0.0969. The Morgan fingerprint density at radius 3 is 2.50 bits per heavy atom. The van der Waals surface area contributed by atoms with Crippen molar-refractivity contribution >= 4 is 23.2 Å². The molecule has 0 aliphatic rings. The molecular weight excluding hydrogens is 274 g/mol. The van der Waals surface area contributed by atoms with E-state index >= 15 is 0 Å². The highest BCUT2D eigenvalue weighted by Gasteiger charge is 2.10. The van der Waals surface area contributed by atoms with Gasteiger partial charge in [0.1, 0.15) is 11.9 Å². The van der Waals surface area contributed by atoms with E-state index in [0.717, 1.165) is 5.56 Å². The molecule has 1 amide bonds. The zero-order valence-electron chi connectivity index (χ0n) is 11.4. The van der Waals surface area contributed by atoms with Gasteiger partial charge in [-0.25, -0.2) is 0 Å². The minimum Gasteiger partial charge on any atom is -0.484 e. The molecule has 0 spiro atoms. The molecule has 2 aromatic carbocycles. The van der Waals surface area contributed by atoms with E-state index < -0.39 is 0 Å². The second-order valence-electron chi connectivity index (χ2n) is 4.50. The highest BCUT2D eigenvalue weighted by atomic mass is 35.5. The second kappa shape index (κ2) is 6.44. The van der Waals surface area contributed by atoms with Gasteiger partial charge in [0.05, 0.1) is 5.02 Å². The van der Waals surface area contributed by atoms with Gasteiger partial charge >= 0.3 is 0 Å². The molecule has 1 N–H and O–H groups in total. The zero-order chi connectivity index (χ0) is 14.5. The molecule has 2 aromatic rings. The Hall–Kier alpha value is -2.00. The number of hydrogen-bond donors (Lipinski definition) is 1. The molecule has 0 aliphatic heterocycles. The lowest BCUT2D eigenvalue weighted by Gasteiger charge is -2.16. The van der Waals surface area contributed by atoms with E-state index in [-0.39, 0.29) is 12.0 Å². The summed E-state index contributed by atoms with van der Waals surface area (Å²) in [6.07, 6.45) is -0.0969. The molecule has 2 rings (SSSR count). The van der Waals surface area contributed by atoms with Crippen LogP contribution in [0.5, 0.6) is 5.75 Å². The Morgan fingerprint density at radius 2 is 1.90 bits per heavy atom. The van der Waals surface area contributed by atoms with Crippen LogP contribution in [-0.2, 0) is 4.79 Å². The normalized spacial score (nSPS) is 11.8. The number of carbonyl (C=O) groups excluding carboxylic acids is 1. The topological polar surface area (TPSA) is 38.3 Å². The van der Waals surface area contributed by atoms with Gasteiger partial charge in [-0.05, 0) is 30.7 Å². The third-order valence-corrected chi connectivity index (χ3v) is 3.12. The van der Waals surface area contributed by atoms with Crippen molar-refractivity contribution in [2.45, 2.75) is 20.0 Å². The van der Waals surface area contributed by atoms with Crippen LogP contribution < -0.4 is 10.1 Å². The van der Waals surface area contributed by atoms with Crippen molar-refractivity contribution in [2.24, 2.45) is 0 Å². The van der Waals surface area contributed by atoms with Crippen LogP contribution in [0.15, 0.2) is 48.5 Å². The first-order valence-corrected chi connectivity index (χ1v) is 6.73. The van der Waals surface area contributed by atoms with Crippen molar-refractivity contribution in [2.75, 3.05) is 5.32 Å². The van der Waals surface area contributed by atoms with E-state index in [0.29, 0.717) is 16.5 Å². The van der Waals surface area contributed by atoms with Gasteiger partial charge in [-0.1, -0.05) is 41.9 Å². The predicted molar refractivity (Wildman–Crippen MR) is 81.2 cm³/mol. The van der Waals surface area contributed by atoms with E-state index in [2.05, 4.69) is 5.32 Å². The molecule has 104 valence electrons. The number of carbonyl (C=O) groups is 1. The van der Waals surface area contributed by atoms with Gasteiger partial charge in [-0.3, -0.25) is 4.79 Å². The molecule has 0 saturated carbocycles. The van der Waals surface area contributed by atoms with Crippen molar-refractivity contribution in [3.63, 3.8) is 0 Å². The van der Waals surface area contributed by atoms with E-state index in [1.165, 1.54) is 6.92 Å². The summed E-state index contributed by atoms with van der Waals surface area (Å²) in [5.41, 5.74) is 1.73. The maximum atomic E-state index is 11.0. The summed E-state index contributed by atoms with van der Waals surface area (Å²) < 4.78 is 5.85. The summed E-state index contributed by atoms with van der Waals surface area (Å²) in [6.45, 7) is 3.42. The number of benzene rings is 2. The molecule has 20 heavy (non-hydrogen) atoms. The lowest BCUT2D eigenvalue weighted by Crippen LogP contribution is -2.06. The van der Waals surface area contributed by atoms with E-state index in [1.54, 1.807) is 18.2 Å². The number of halogens is 1. The summed E-state index contributed by atoms with van der Waals surface area (Å²) in [5.74, 6) is 0.463. The molecule has 4 heteroatoms. The van der Waals surface area contributed by atoms with Crippen LogP contribution in [0.25, 0.3) is 0 Å². The molecule has 0 aromatic heterocycles. The van der Waals surface area contributed by atoms with Crippen LogP contribution in [0, 0.1) is 0 Å². The van der Waals surface area contributed by atoms with Gasteiger partial charge in [0.25, 0.3) is 0 Å². The number of nitrogens with one attached hydrogen (secondary N) is 1. The zero-order valence-corrected chi connectivity index (χ0v) is 12.1. The van der Waals surface area contributed by atoms with Gasteiger partial charge in [0, 0.05) is 12.6 Å². The van der Waals surface area contributed by atoms with Crippen molar-refractivity contribution in [1.29, 1.82) is 0 Å². The lowest BCUT2D eigenvalue weighted by molar-refractivity contribution is -0.114. The molecule has 0 radical (unpaired) electrons. The van der Waals surface area contributed by atoms with Crippen LogP contribution in [0.1, 0.15) is 25.5 Å². The number of ether oxygens (including phenoxy) is 1. The Kier molecular flexibility index (Phi) is 4.64. The maximum Gasteiger partial charge on any atom is 0.221 e. The Balaban J connectivity index is 2.12. The van der Waals surface area contributed by atoms with Gasteiger partial charge in [0.15, 0.2) is 0 Å². The largest absolute Gasteiger partial charge is 0.484 e. The molecule has 1 atom stereocenters. The van der Waals surface area contributed by atoms with Crippen LogP contribution in [0.4, 0.5) is 5.69 Å². The van der Waals surface area contributed by atoms with Crippen LogP contribution in [0.2, 0.25) is 5.02 Å². The first-order chi connectivity index (χ1) is 9.56. The van der Waals surface area contributed by atoms with Crippen LogP contribution in [-0.4, -0.2) is 5.91 Å². The Labute approximate surface area is 123 Å². The number of amides is 1. The first-order valence-electron chi connectivity index (χ1n) is 6.35. The van der Waals surface area contributed by atoms with Crippen LogP contribution in [0.3, 0.4) is 0 Å². The molecular formula is C16H16ClNO2. The summed E-state index contributed by atoms with van der Waals surface area (Å²) in [5, 5.41) is 3.15. The van der Waals surface area contributed by atoms with Gasteiger partial charge in [0.2, 0.25) is 5.91 Å². The fourth-order valence-electron chi connectivity index (χ4n) is 1.86. The third-order valence-electron chi connectivity index (χ3n) is 2.82. The monoisotopic (exact) mass is 289 g/mol. The molecule has 0 aliphatic carbocycles. The lowest BCUT2D eigenvalue weighted by atomic mass is 10.1. The maximum absolute atomic E-state index is 11.0. The predicted octanol–water partition coefficient (Wildman–Crippen LogP) is 4.44. The van der Waals surface area contributed by atoms with Crippen molar-refractivity contribution < 1.29 is 9.53 Å². The second-order valence-corrected chi connectivity index (χ2v) is 4.90. The number of hydrogen-bond acceptors (Lipinski definition) is 2. The van der Waals surface area contributed by atoms with Gasteiger partial charge < -0.3 is 10.1 Å². The average molecular weight is 290 g/mol. The van der Waals surface area contributed by atoms with Gasteiger partial charge in [-0.15, -0.1) is 0 Å². The highest BCUT2D eigenvalue weighted by Crippen LogP contribution is 2.31. The standard InChI is InChI=1S/C16H16ClNO2/c1-11(13-6-4-3-5-7-13)20-16-9-8-14(10-15(16)17)18-12(2)19/h3-11H,1-2H3,(H,18,19)/t11-/m1/s1. The number of anilines is 1. The fraction of sp³-hybridized carbons (Fsp3) is 0.188. The molecule has 0 fully saturated rings. The summed E-state index contributed by atoms with van der Waals surface area (Å²) >= 11 is 6.17. The fourth-order valence-corrected chi connectivity index (χ4v) is 2.09. The first kappa shape index (κ1) is 14.4. The smallest absolute Gasteiger partial charge is 0.221 e. The molecule has 0 saturated heterocycles. The Morgan fingerprint density at radius 1 is 1.20 bits per heavy atom. The summed E-state index contributed by atoms with van der Waals surface area (Å²) in [6, 6.07) is 15.1. The van der Waals surface area contributed by atoms with E-state index in [9.17, 15) is 4.79 Å². The Bertz CT molecular complexity index is 599. The highest BCUT2D eigenvalue weighted by molar-refractivity contribution is 6.32. The molecule has 0 bridgehead atoms. The van der Waals surface area contributed by atoms with E-state index in [1.807, 2.05) is 37.3 Å². The van der Waals surface area contributed by atoms with Gasteiger partial charge in [-0.2, -0.15) is 0 Å². The summed E-state index contributed by atoms with van der Waals surface area (Å²) in [4.78, 5) is 11.0. The quantitative estimate of drug-likeness (QED) is 0.904. The van der Waals surface area contributed by atoms with E-state index in [4.69, 9.17) is 16.3 Å². The minimum atomic E-state index is -0.132. The van der Waals surface area contributed by atoms with Crippen LogP contribution >= 0.6 is 11.6 Å². The van der Waals surface area contributed by atoms with Crippen molar-refractivity contribution in [3.8, 4) is 5.75 Å². The average Bonchev–Trinajstić information content (AvgIpc) is 2.42. The molecule has 0 heterocycles. The molecule has 0 unspecified atom stereocenters. The summed E-state index contributed by atoms with van der Waals surface area (Å²) in [7, 11) is 0. The third kappa shape index (κ3) is 3.75. The van der Waals surface area contributed by atoms with Crippen molar-refractivity contribution in [1.82, 2.24) is 0 Å².